The van der Waals surface area contributed by atoms with Gasteiger partial charge in [-0.15, -0.1) is 0 Å². The van der Waals surface area contributed by atoms with Gasteiger partial charge in [0.1, 0.15) is 0 Å². The molecule has 0 spiro atoms. The van der Waals surface area contributed by atoms with E-state index in [1.165, 1.54) is 11.3 Å². The number of carbonyl (C=O) groups is 1. The van der Waals surface area contributed by atoms with Crippen LogP contribution in [0.3, 0.4) is 0 Å². The van der Waals surface area contributed by atoms with Crippen LogP contribution >= 0.6 is 11.6 Å². The predicted octanol–water partition coefficient (Wildman–Crippen LogP) is 3.69. The quantitative estimate of drug-likeness (QED) is 0.678. The molecule has 0 saturated carbocycles. The van der Waals surface area contributed by atoms with E-state index in [-0.39, 0.29) is 5.91 Å². The lowest BCUT2D eigenvalue weighted by atomic mass is 10.1. The summed E-state index contributed by atoms with van der Waals surface area (Å²) in [5.74, 6) is 0.0211. The number of ether oxygens (including phenoxy) is 1. The average molecular weight is 388 g/mol. The Morgan fingerprint density at radius 1 is 1.07 bits per heavy atom. The zero-order valence-electron chi connectivity index (χ0n) is 15.4. The molecule has 2 aromatic carbocycles. The summed E-state index contributed by atoms with van der Waals surface area (Å²) >= 11 is 5.85. The topological polar surface area (TPSA) is 53.6 Å². The van der Waals surface area contributed by atoms with Gasteiger partial charge in [-0.3, -0.25) is 4.79 Å². The summed E-state index contributed by atoms with van der Waals surface area (Å²) in [4.78, 5) is 14.4. The summed E-state index contributed by atoms with van der Waals surface area (Å²) in [5, 5.41) is 7.00. The van der Waals surface area contributed by atoms with Crippen LogP contribution in [0.1, 0.15) is 18.4 Å². The van der Waals surface area contributed by atoms with Gasteiger partial charge < -0.3 is 20.3 Å². The van der Waals surface area contributed by atoms with Gasteiger partial charge in [0.25, 0.3) is 0 Å². The molecule has 5 nitrogen and oxygen atoms in total. The van der Waals surface area contributed by atoms with Crippen LogP contribution in [0.2, 0.25) is 5.02 Å². The number of carbonyl (C=O) groups excluding carboxylic acids is 1. The van der Waals surface area contributed by atoms with E-state index in [9.17, 15) is 4.79 Å². The Morgan fingerprint density at radius 3 is 2.59 bits per heavy atom. The van der Waals surface area contributed by atoms with Crippen molar-refractivity contribution in [1.82, 2.24) is 5.32 Å². The predicted molar refractivity (Wildman–Crippen MR) is 110 cm³/mol. The zero-order chi connectivity index (χ0) is 18.9. The van der Waals surface area contributed by atoms with Crippen LogP contribution < -0.4 is 15.5 Å². The molecule has 0 atom stereocenters. The van der Waals surface area contributed by atoms with Gasteiger partial charge in [0, 0.05) is 42.5 Å². The molecule has 0 aromatic heterocycles. The lowest BCUT2D eigenvalue weighted by Gasteiger charge is -2.30. The van der Waals surface area contributed by atoms with Gasteiger partial charge in [0.15, 0.2) is 0 Å². The second-order valence-corrected chi connectivity index (χ2v) is 7.00. The van der Waals surface area contributed by atoms with Crippen LogP contribution in [0, 0.1) is 0 Å². The highest BCUT2D eigenvalue weighted by Gasteiger charge is 2.14. The number of anilines is 2. The molecule has 27 heavy (non-hydrogen) atoms. The van der Waals surface area contributed by atoms with Crippen molar-refractivity contribution in [3.8, 4) is 0 Å². The number of hydrogen-bond donors (Lipinski definition) is 2. The molecule has 0 bridgehead atoms. The molecule has 1 fully saturated rings. The summed E-state index contributed by atoms with van der Waals surface area (Å²) in [5.41, 5.74) is 3.33. The van der Waals surface area contributed by atoms with Gasteiger partial charge in [-0.1, -0.05) is 29.8 Å². The maximum absolute atomic E-state index is 12.0. The van der Waals surface area contributed by atoms with Crippen LogP contribution in [-0.4, -0.2) is 38.8 Å². The molecule has 3 rings (SSSR count). The minimum Gasteiger partial charge on any atom is -0.378 e. The van der Waals surface area contributed by atoms with Gasteiger partial charge in [-0.2, -0.15) is 0 Å². The van der Waals surface area contributed by atoms with Crippen molar-refractivity contribution in [1.29, 1.82) is 0 Å². The molecule has 1 heterocycles. The lowest BCUT2D eigenvalue weighted by molar-refractivity contribution is -0.116. The van der Waals surface area contributed by atoms with Crippen LogP contribution in [0.4, 0.5) is 11.4 Å². The molecule has 2 N–H and O–H groups in total. The standard InChI is InChI=1S/C21H26ClN3O2/c22-18-7-9-19(10-8-18)24-21(26)6-3-11-23-16-17-4-1-2-5-20(17)25-12-14-27-15-13-25/h1-2,4-5,7-10,23H,3,6,11-16H2,(H,24,26). The minimum atomic E-state index is 0.0211. The third-order valence-electron chi connectivity index (χ3n) is 4.54. The van der Waals surface area contributed by atoms with Crippen LogP contribution in [0.5, 0.6) is 0 Å². The first-order chi connectivity index (χ1) is 13.2. The third kappa shape index (κ3) is 6.24. The smallest absolute Gasteiger partial charge is 0.224 e. The number of morpholine rings is 1. The summed E-state index contributed by atoms with van der Waals surface area (Å²) in [7, 11) is 0. The first-order valence-electron chi connectivity index (χ1n) is 9.39. The molecule has 144 valence electrons. The molecule has 1 saturated heterocycles. The van der Waals surface area contributed by atoms with Gasteiger partial charge >= 0.3 is 0 Å². The first-order valence-corrected chi connectivity index (χ1v) is 9.77. The number of amides is 1. The largest absolute Gasteiger partial charge is 0.378 e. The maximum atomic E-state index is 12.0. The molecule has 0 aliphatic carbocycles. The van der Waals surface area contributed by atoms with Crippen molar-refractivity contribution in [2.75, 3.05) is 43.1 Å². The summed E-state index contributed by atoms with van der Waals surface area (Å²) in [6.07, 6.45) is 1.28. The summed E-state index contributed by atoms with van der Waals surface area (Å²) < 4.78 is 5.44. The molecular weight excluding hydrogens is 362 g/mol. The van der Waals surface area contributed by atoms with E-state index in [4.69, 9.17) is 16.3 Å². The van der Waals surface area contributed by atoms with Crippen molar-refractivity contribution >= 4 is 28.9 Å². The van der Waals surface area contributed by atoms with Gasteiger partial charge in [-0.25, -0.2) is 0 Å². The Balaban J connectivity index is 1.39. The van der Waals surface area contributed by atoms with Crippen molar-refractivity contribution in [2.24, 2.45) is 0 Å². The fourth-order valence-corrected chi connectivity index (χ4v) is 3.25. The fourth-order valence-electron chi connectivity index (χ4n) is 3.13. The number of halogens is 1. The average Bonchev–Trinajstić information content (AvgIpc) is 2.70. The molecule has 0 radical (unpaired) electrons. The summed E-state index contributed by atoms with van der Waals surface area (Å²) in [6, 6.07) is 15.6. The Labute approximate surface area is 165 Å². The van der Waals surface area contributed by atoms with Crippen molar-refractivity contribution in [2.45, 2.75) is 19.4 Å². The maximum Gasteiger partial charge on any atom is 0.224 e. The van der Waals surface area contributed by atoms with E-state index in [1.807, 2.05) is 0 Å². The van der Waals surface area contributed by atoms with Crippen molar-refractivity contribution in [3.63, 3.8) is 0 Å². The minimum absolute atomic E-state index is 0.0211. The summed E-state index contributed by atoms with van der Waals surface area (Å²) in [6.45, 7) is 5.02. The van der Waals surface area contributed by atoms with Crippen LogP contribution in [0.25, 0.3) is 0 Å². The van der Waals surface area contributed by atoms with E-state index in [0.29, 0.717) is 11.4 Å². The molecule has 6 heteroatoms. The normalized spacial score (nSPS) is 14.2. The van der Waals surface area contributed by atoms with E-state index >= 15 is 0 Å². The molecule has 1 aliphatic rings. The highest BCUT2D eigenvalue weighted by molar-refractivity contribution is 6.30. The van der Waals surface area contributed by atoms with Crippen LogP contribution in [0.15, 0.2) is 48.5 Å². The van der Waals surface area contributed by atoms with E-state index in [2.05, 4.69) is 39.8 Å². The number of nitrogens with one attached hydrogen (secondary N) is 2. The number of rotatable bonds is 8. The number of nitrogens with zero attached hydrogens (tertiary/aromatic N) is 1. The Bertz CT molecular complexity index is 730. The monoisotopic (exact) mass is 387 g/mol. The van der Waals surface area contributed by atoms with Gasteiger partial charge in [0.2, 0.25) is 5.91 Å². The SMILES string of the molecule is O=C(CCCNCc1ccccc1N1CCOCC1)Nc1ccc(Cl)cc1. The molecular formula is C21H26ClN3O2. The first kappa shape index (κ1) is 19.7. The van der Waals surface area contributed by atoms with Gasteiger partial charge in [-0.05, 0) is 48.9 Å². The number of benzene rings is 2. The lowest BCUT2D eigenvalue weighted by Crippen LogP contribution is -2.37. The number of hydrogen-bond acceptors (Lipinski definition) is 4. The molecule has 2 aromatic rings. The highest BCUT2D eigenvalue weighted by atomic mass is 35.5. The molecule has 1 amide bonds. The van der Waals surface area contributed by atoms with E-state index < -0.39 is 0 Å². The zero-order valence-corrected chi connectivity index (χ0v) is 16.2. The highest BCUT2D eigenvalue weighted by Crippen LogP contribution is 2.21. The van der Waals surface area contributed by atoms with Crippen LogP contribution in [-0.2, 0) is 16.1 Å². The molecule has 0 unspecified atom stereocenters. The third-order valence-corrected chi connectivity index (χ3v) is 4.80. The Morgan fingerprint density at radius 2 is 1.81 bits per heavy atom. The number of para-hydroxylation sites is 1. The van der Waals surface area contributed by atoms with Crippen molar-refractivity contribution in [3.05, 3.63) is 59.1 Å². The van der Waals surface area contributed by atoms with Gasteiger partial charge in [0.05, 0.1) is 13.2 Å². The Kier molecular flexibility index (Phi) is 7.51. The fraction of sp³-hybridized carbons (Fsp3) is 0.381. The van der Waals surface area contributed by atoms with E-state index in [1.54, 1.807) is 24.3 Å². The Hall–Kier alpha value is -2.08. The molecule has 1 aliphatic heterocycles. The second-order valence-electron chi connectivity index (χ2n) is 6.56. The van der Waals surface area contributed by atoms with E-state index in [0.717, 1.165) is 51.5 Å². The second kappa shape index (κ2) is 10.3. The van der Waals surface area contributed by atoms with Crippen molar-refractivity contribution < 1.29 is 9.53 Å².